The number of ether oxygens (including phenoxy) is 3. The summed E-state index contributed by atoms with van der Waals surface area (Å²) in [4.78, 5) is 40.6. The molecule has 32 heavy (non-hydrogen) atoms. The van der Waals surface area contributed by atoms with Crippen molar-refractivity contribution in [3.63, 3.8) is 0 Å². The molecule has 1 aromatic heterocycles. The summed E-state index contributed by atoms with van der Waals surface area (Å²) >= 11 is 0. The monoisotopic (exact) mass is 442 g/mol. The summed E-state index contributed by atoms with van der Waals surface area (Å²) in [6.45, 7) is 4.90. The van der Waals surface area contributed by atoms with E-state index in [1.807, 2.05) is 0 Å². The van der Waals surface area contributed by atoms with Gasteiger partial charge in [0.15, 0.2) is 17.2 Å². The number of pyridine rings is 1. The second kappa shape index (κ2) is 9.31. The van der Waals surface area contributed by atoms with E-state index < -0.39 is 0 Å². The molecule has 1 saturated heterocycles. The lowest BCUT2D eigenvalue weighted by Gasteiger charge is -2.34. The summed E-state index contributed by atoms with van der Waals surface area (Å²) in [5.41, 5.74) is 1.05. The lowest BCUT2D eigenvalue weighted by Crippen LogP contribution is -2.47. The maximum atomic E-state index is 12.7. The van der Waals surface area contributed by atoms with Crippen molar-refractivity contribution in [2.45, 2.75) is 20.0 Å². The van der Waals surface area contributed by atoms with Crippen LogP contribution in [-0.2, 0) is 22.7 Å². The number of anilines is 1. The fourth-order valence-electron chi connectivity index (χ4n) is 3.81. The lowest BCUT2D eigenvalue weighted by atomic mass is 10.2. The van der Waals surface area contributed by atoms with Crippen LogP contribution in [0.2, 0.25) is 0 Å². The van der Waals surface area contributed by atoms with Crippen LogP contribution in [0.25, 0.3) is 0 Å². The zero-order valence-corrected chi connectivity index (χ0v) is 18.1. The maximum absolute atomic E-state index is 12.7. The Morgan fingerprint density at radius 3 is 2.56 bits per heavy atom. The van der Waals surface area contributed by atoms with Gasteiger partial charge in [-0.15, -0.1) is 0 Å². The number of fused-ring (bicyclic) bond motifs is 1. The average Bonchev–Trinajstić information content (AvgIpc) is 3.23. The molecule has 1 aromatic carbocycles. The van der Waals surface area contributed by atoms with Gasteiger partial charge in [-0.3, -0.25) is 19.3 Å². The first-order chi connectivity index (χ1) is 15.4. The van der Waals surface area contributed by atoms with Crippen molar-refractivity contribution in [1.29, 1.82) is 0 Å². The van der Waals surface area contributed by atoms with E-state index in [1.165, 1.54) is 13.2 Å². The largest absolute Gasteiger partial charge is 0.491 e. The molecule has 0 aliphatic carbocycles. The molecule has 0 saturated carbocycles. The van der Waals surface area contributed by atoms with Gasteiger partial charge in [0.25, 0.3) is 0 Å². The van der Waals surface area contributed by atoms with E-state index in [4.69, 9.17) is 14.2 Å². The van der Waals surface area contributed by atoms with E-state index in [-0.39, 0.29) is 36.3 Å². The second-order valence-electron chi connectivity index (χ2n) is 7.72. The van der Waals surface area contributed by atoms with Crippen molar-refractivity contribution in [1.82, 2.24) is 14.4 Å². The third kappa shape index (κ3) is 4.86. The molecule has 170 valence electrons. The van der Waals surface area contributed by atoms with E-state index in [0.717, 1.165) is 0 Å². The Morgan fingerprint density at radius 1 is 1.09 bits per heavy atom. The highest BCUT2D eigenvalue weighted by atomic mass is 16.7. The van der Waals surface area contributed by atoms with Gasteiger partial charge >= 0.3 is 0 Å². The minimum atomic E-state index is -0.253. The molecule has 0 bridgehead atoms. The first kappa shape index (κ1) is 21.7. The van der Waals surface area contributed by atoms with Gasteiger partial charge in [-0.25, -0.2) is 0 Å². The number of methoxy groups -OCH3 is 1. The Bertz CT molecular complexity index is 1070. The maximum Gasteiger partial charge on any atom is 0.244 e. The summed E-state index contributed by atoms with van der Waals surface area (Å²) in [5.74, 6) is 1.20. The molecule has 1 fully saturated rings. The van der Waals surface area contributed by atoms with Crippen molar-refractivity contribution in [3.8, 4) is 17.2 Å². The molecule has 0 spiro atoms. The molecule has 10 nitrogen and oxygen atoms in total. The zero-order chi connectivity index (χ0) is 22.7. The lowest BCUT2D eigenvalue weighted by molar-refractivity contribution is -0.130. The van der Waals surface area contributed by atoms with Gasteiger partial charge in [0.05, 0.1) is 13.3 Å². The van der Waals surface area contributed by atoms with Crippen LogP contribution in [0.4, 0.5) is 5.69 Å². The summed E-state index contributed by atoms with van der Waals surface area (Å²) in [6, 6.07) is 6.70. The molecule has 3 heterocycles. The highest BCUT2D eigenvalue weighted by Crippen LogP contribution is 2.34. The van der Waals surface area contributed by atoms with Gasteiger partial charge in [-0.2, -0.15) is 0 Å². The fraction of sp³-hybridized carbons (Fsp3) is 0.409. The summed E-state index contributed by atoms with van der Waals surface area (Å²) < 4.78 is 17.5. The predicted molar refractivity (Wildman–Crippen MR) is 116 cm³/mol. The third-order valence-electron chi connectivity index (χ3n) is 5.58. The number of aromatic nitrogens is 1. The van der Waals surface area contributed by atoms with Gasteiger partial charge in [0.2, 0.25) is 24.0 Å². The molecule has 2 aromatic rings. The number of nitrogens with one attached hydrogen (secondary N) is 1. The SMILES string of the molecule is COc1cn(CC(=O)Nc2ccc3c(c2)OCO3)c(CN2CCN(C(C)=O)CC2)cc1=O. The Labute approximate surface area is 185 Å². The number of hydrogen-bond acceptors (Lipinski definition) is 7. The van der Waals surface area contributed by atoms with E-state index in [1.54, 1.807) is 40.8 Å². The van der Waals surface area contributed by atoms with Crippen LogP contribution in [0.5, 0.6) is 17.2 Å². The topological polar surface area (TPSA) is 102 Å². The molecule has 2 aliphatic rings. The number of rotatable bonds is 6. The first-order valence-corrected chi connectivity index (χ1v) is 10.4. The fourth-order valence-corrected chi connectivity index (χ4v) is 3.81. The van der Waals surface area contributed by atoms with Crippen LogP contribution in [-0.4, -0.2) is 66.3 Å². The van der Waals surface area contributed by atoms with Crippen LogP contribution >= 0.6 is 0 Å². The number of hydrogen-bond donors (Lipinski definition) is 1. The van der Waals surface area contributed by atoms with Gasteiger partial charge in [-0.05, 0) is 12.1 Å². The first-order valence-electron chi connectivity index (χ1n) is 10.4. The third-order valence-corrected chi connectivity index (χ3v) is 5.58. The molecule has 2 aliphatic heterocycles. The molecular weight excluding hydrogens is 416 g/mol. The van der Waals surface area contributed by atoms with Gasteiger partial charge < -0.3 is 29.0 Å². The minimum Gasteiger partial charge on any atom is -0.491 e. The van der Waals surface area contributed by atoms with E-state index in [9.17, 15) is 14.4 Å². The highest BCUT2D eigenvalue weighted by Gasteiger charge is 2.21. The van der Waals surface area contributed by atoms with Crippen LogP contribution in [0.1, 0.15) is 12.6 Å². The van der Waals surface area contributed by atoms with Crippen molar-refractivity contribution < 1.29 is 23.8 Å². The van der Waals surface area contributed by atoms with Crippen molar-refractivity contribution in [2.24, 2.45) is 0 Å². The molecule has 0 unspecified atom stereocenters. The van der Waals surface area contributed by atoms with Crippen molar-refractivity contribution in [3.05, 3.63) is 46.4 Å². The number of benzene rings is 1. The standard InChI is InChI=1S/C22H26N4O6/c1-15(27)25-7-5-24(6-8-25)11-17-10-18(28)21(30-2)12-26(17)13-22(29)23-16-3-4-19-20(9-16)32-14-31-19/h3-4,9-10,12H,5-8,11,13-14H2,1-2H3,(H,23,29). The zero-order valence-electron chi connectivity index (χ0n) is 18.1. The number of piperazine rings is 1. The van der Waals surface area contributed by atoms with Gasteiger partial charge in [-0.1, -0.05) is 0 Å². The van der Waals surface area contributed by atoms with Crippen LogP contribution in [0.3, 0.4) is 0 Å². The second-order valence-corrected chi connectivity index (χ2v) is 7.72. The normalized spacial score (nSPS) is 15.5. The number of amides is 2. The number of carbonyl (C=O) groups is 2. The minimum absolute atomic E-state index is 0.00776. The Hall–Kier alpha value is -3.53. The number of nitrogens with zero attached hydrogens (tertiary/aromatic N) is 3. The average molecular weight is 442 g/mol. The van der Waals surface area contributed by atoms with E-state index >= 15 is 0 Å². The van der Waals surface area contributed by atoms with Crippen molar-refractivity contribution >= 4 is 17.5 Å². The Balaban J connectivity index is 1.47. The molecule has 0 radical (unpaired) electrons. The molecule has 2 amide bonds. The quantitative estimate of drug-likeness (QED) is 0.709. The van der Waals surface area contributed by atoms with E-state index in [2.05, 4.69) is 10.2 Å². The summed E-state index contributed by atoms with van der Waals surface area (Å²) in [7, 11) is 1.43. The smallest absolute Gasteiger partial charge is 0.244 e. The summed E-state index contributed by atoms with van der Waals surface area (Å²) in [5, 5.41) is 2.85. The molecule has 0 atom stereocenters. The Kier molecular flexibility index (Phi) is 6.31. The number of carbonyl (C=O) groups excluding carboxylic acids is 2. The predicted octanol–water partition coefficient (Wildman–Crippen LogP) is 0.888. The van der Waals surface area contributed by atoms with Crippen LogP contribution in [0.15, 0.2) is 35.3 Å². The molecule has 4 rings (SSSR count). The van der Waals surface area contributed by atoms with Crippen LogP contribution in [0, 0.1) is 0 Å². The molecule has 1 N–H and O–H groups in total. The van der Waals surface area contributed by atoms with Gasteiger partial charge in [0, 0.05) is 63.2 Å². The van der Waals surface area contributed by atoms with Crippen molar-refractivity contribution in [2.75, 3.05) is 45.4 Å². The molecular formula is C22H26N4O6. The van der Waals surface area contributed by atoms with Crippen LogP contribution < -0.4 is 25.0 Å². The molecule has 10 heteroatoms. The highest BCUT2D eigenvalue weighted by molar-refractivity contribution is 5.91. The van der Waals surface area contributed by atoms with E-state index in [0.29, 0.717) is 55.6 Å². The Morgan fingerprint density at radius 2 is 1.84 bits per heavy atom. The summed E-state index contributed by atoms with van der Waals surface area (Å²) in [6.07, 6.45) is 1.56. The van der Waals surface area contributed by atoms with Gasteiger partial charge in [0.1, 0.15) is 6.54 Å².